The molecule has 0 aliphatic carbocycles. The average Bonchev–Trinajstić information content (AvgIpc) is 2.47. The molecule has 0 aliphatic heterocycles. The van der Waals surface area contributed by atoms with Crippen molar-refractivity contribution in [2.24, 2.45) is 0 Å². The van der Waals surface area contributed by atoms with Gasteiger partial charge < -0.3 is 15.2 Å². The lowest BCUT2D eigenvalue weighted by atomic mass is 10.2. The molecule has 2 N–H and O–H groups in total. The minimum absolute atomic E-state index is 0.0501. The molecule has 0 unspecified atom stereocenters. The van der Waals surface area contributed by atoms with Crippen molar-refractivity contribution >= 4 is 33.6 Å². The number of aromatic nitrogens is 1. The molecule has 0 saturated carbocycles. The number of ether oxygens (including phenoxy) is 1. The first-order valence-corrected chi connectivity index (χ1v) is 6.71. The van der Waals surface area contributed by atoms with E-state index in [9.17, 15) is 9.59 Å². The minimum Gasteiger partial charge on any atom is -0.484 e. The number of pyridine rings is 1. The standard InChI is InChI=1S/C14H11BrN2O4/c15-10-1-3-11(4-2-10)21-8-13(18)17-12-7-9(14(19)20)5-6-16-12/h1-7H,8H2,(H,19,20)(H,16,17,18). The Kier molecular flexibility index (Phi) is 4.89. The van der Waals surface area contributed by atoms with Crippen LogP contribution in [0.5, 0.6) is 5.75 Å². The zero-order valence-corrected chi connectivity index (χ0v) is 12.3. The second-order valence-corrected chi connectivity index (χ2v) is 4.94. The Balaban J connectivity index is 1.91. The summed E-state index contributed by atoms with van der Waals surface area (Å²) in [6.07, 6.45) is 1.31. The predicted molar refractivity (Wildman–Crippen MR) is 79.5 cm³/mol. The molecule has 0 atom stereocenters. The smallest absolute Gasteiger partial charge is 0.335 e. The first kappa shape index (κ1) is 15.0. The van der Waals surface area contributed by atoms with Crippen LogP contribution in [0.3, 0.4) is 0 Å². The Hall–Kier alpha value is -2.41. The van der Waals surface area contributed by atoms with Gasteiger partial charge in [0.25, 0.3) is 5.91 Å². The van der Waals surface area contributed by atoms with Crippen LogP contribution in [0.2, 0.25) is 0 Å². The summed E-state index contributed by atoms with van der Waals surface area (Å²) in [6, 6.07) is 9.66. The van der Waals surface area contributed by atoms with Crippen molar-refractivity contribution in [1.29, 1.82) is 0 Å². The molecule has 1 aromatic carbocycles. The van der Waals surface area contributed by atoms with E-state index in [1.54, 1.807) is 24.3 Å². The van der Waals surface area contributed by atoms with E-state index in [1.165, 1.54) is 18.3 Å². The van der Waals surface area contributed by atoms with Crippen molar-refractivity contribution in [2.45, 2.75) is 0 Å². The van der Waals surface area contributed by atoms with Crippen LogP contribution in [-0.2, 0) is 4.79 Å². The van der Waals surface area contributed by atoms with Gasteiger partial charge in [-0.05, 0) is 36.4 Å². The summed E-state index contributed by atoms with van der Waals surface area (Å²) in [4.78, 5) is 26.4. The lowest BCUT2D eigenvalue weighted by molar-refractivity contribution is -0.118. The van der Waals surface area contributed by atoms with E-state index in [0.29, 0.717) is 5.75 Å². The number of carbonyl (C=O) groups excluding carboxylic acids is 1. The predicted octanol–water partition coefficient (Wildman–Crippen LogP) is 2.56. The highest BCUT2D eigenvalue weighted by Gasteiger charge is 2.08. The third-order valence-electron chi connectivity index (χ3n) is 2.46. The zero-order chi connectivity index (χ0) is 15.2. The van der Waals surface area contributed by atoms with E-state index in [0.717, 1.165) is 4.47 Å². The van der Waals surface area contributed by atoms with Gasteiger partial charge in [-0.3, -0.25) is 4.79 Å². The molecule has 0 bridgehead atoms. The van der Waals surface area contributed by atoms with Crippen LogP contribution in [0.1, 0.15) is 10.4 Å². The van der Waals surface area contributed by atoms with Crippen LogP contribution in [0.4, 0.5) is 5.82 Å². The summed E-state index contributed by atoms with van der Waals surface area (Å²) >= 11 is 3.30. The first-order chi connectivity index (χ1) is 10.0. The van der Waals surface area contributed by atoms with Crippen LogP contribution in [0.25, 0.3) is 0 Å². The van der Waals surface area contributed by atoms with Crippen LogP contribution in [-0.4, -0.2) is 28.6 Å². The van der Waals surface area contributed by atoms with Crippen LogP contribution in [0, 0.1) is 0 Å². The van der Waals surface area contributed by atoms with E-state index in [-0.39, 0.29) is 18.0 Å². The van der Waals surface area contributed by atoms with Gasteiger partial charge in [-0.2, -0.15) is 0 Å². The number of carboxylic acid groups (broad SMARTS) is 1. The molecule has 108 valence electrons. The van der Waals surface area contributed by atoms with Gasteiger partial charge in [-0.25, -0.2) is 9.78 Å². The van der Waals surface area contributed by atoms with Gasteiger partial charge in [-0.1, -0.05) is 15.9 Å². The van der Waals surface area contributed by atoms with E-state index in [1.807, 2.05) is 0 Å². The third kappa shape index (κ3) is 4.57. The van der Waals surface area contributed by atoms with Crippen molar-refractivity contribution in [1.82, 2.24) is 4.98 Å². The Morgan fingerprint density at radius 3 is 2.62 bits per heavy atom. The molecule has 2 aromatic rings. The van der Waals surface area contributed by atoms with Gasteiger partial charge in [0.1, 0.15) is 11.6 Å². The van der Waals surface area contributed by atoms with Crippen molar-refractivity contribution in [3.63, 3.8) is 0 Å². The number of amides is 1. The van der Waals surface area contributed by atoms with Crippen molar-refractivity contribution < 1.29 is 19.4 Å². The van der Waals surface area contributed by atoms with Crippen LogP contribution in [0.15, 0.2) is 47.1 Å². The molecule has 21 heavy (non-hydrogen) atoms. The number of nitrogens with one attached hydrogen (secondary N) is 1. The van der Waals surface area contributed by atoms with Crippen molar-refractivity contribution in [3.8, 4) is 5.75 Å². The van der Waals surface area contributed by atoms with E-state index >= 15 is 0 Å². The van der Waals surface area contributed by atoms with Gasteiger partial charge in [0.15, 0.2) is 6.61 Å². The number of anilines is 1. The second-order valence-electron chi connectivity index (χ2n) is 4.03. The maximum Gasteiger partial charge on any atom is 0.335 e. The fraction of sp³-hybridized carbons (Fsp3) is 0.0714. The molecule has 1 aromatic heterocycles. The highest BCUT2D eigenvalue weighted by atomic mass is 79.9. The SMILES string of the molecule is O=C(COc1ccc(Br)cc1)Nc1cc(C(=O)O)ccn1. The summed E-state index contributed by atoms with van der Waals surface area (Å²) < 4.78 is 6.21. The number of carboxylic acids is 1. The number of benzene rings is 1. The number of hydrogen-bond donors (Lipinski definition) is 2. The van der Waals surface area contributed by atoms with E-state index < -0.39 is 11.9 Å². The maximum atomic E-state index is 11.7. The van der Waals surface area contributed by atoms with Crippen LogP contribution >= 0.6 is 15.9 Å². The van der Waals surface area contributed by atoms with E-state index in [4.69, 9.17) is 9.84 Å². The fourth-order valence-electron chi connectivity index (χ4n) is 1.49. The Morgan fingerprint density at radius 1 is 1.24 bits per heavy atom. The monoisotopic (exact) mass is 350 g/mol. The van der Waals surface area contributed by atoms with E-state index in [2.05, 4.69) is 26.2 Å². The molecule has 1 heterocycles. The molecule has 0 fully saturated rings. The van der Waals surface area contributed by atoms with Gasteiger partial charge in [0.2, 0.25) is 0 Å². The number of rotatable bonds is 5. The van der Waals surface area contributed by atoms with Gasteiger partial charge in [0.05, 0.1) is 5.56 Å². The van der Waals surface area contributed by atoms with Gasteiger partial charge >= 0.3 is 5.97 Å². The van der Waals surface area contributed by atoms with Gasteiger partial charge in [0, 0.05) is 10.7 Å². The Morgan fingerprint density at radius 2 is 1.95 bits per heavy atom. The summed E-state index contributed by atoms with van der Waals surface area (Å²) in [6.45, 7) is -0.194. The summed E-state index contributed by atoms with van der Waals surface area (Å²) in [5.41, 5.74) is 0.0501. The number of aromatic carboxylic acids is 1. The number of carbonyl (C=O) groups is 2. The van der Waals surface area contributed by atoms with Crippen LogP contribution < -0.4 is 10.1 Å². The molecule has 1 amide bonds. The third-order valence-corrected chi connectivity index (χ3v) is 2.99. The summed E-state index contributed by atoms with van der Waals surface area (Å²) in [7, 11) is 0. The number of halogens is 1. The number of hydrogen-bond acceptors (Lipinski definition) is 4. The lowest BCUT2D eigenvalue weighted by Gasteiger charge is -2.07. The largest absolute Gasteiger partial charge is 0.484 e. The molecule has 0 radical (unpaired) electrons. The lowest BCUT2D eigenvalue weighted by Crippen LogP contribution is -2.21. The Bertz CT molecular complexity index is 658. The Labute approximate surface area is 128 Å². The fourth-order valence-corrected chi connectivity index (χ4v) is 1.75. The van der Waals surface area contributed by atoms with Crippen molar-refractivity contribution in [2.75, 3.05) is 11.9 Å². The molecular weight excluding hydrogens is 340 g/mol. The minimum atomic E-state index is -1.08. The molecule has 7 heteroatoms. The summed E-state index contributed by atoms with van der Waals surface area (Å²) in [5, 5.41) is 11.3. The maximum absolute atomic E-state index is 11.7. The summed E-state index contributed by atoms with van der Waals surface area (Å²) in [5.74, 6) is -0.785. The zero-order valence-electron chi connectivity index (χ0n) is 10.7. The molecule has 0 spiro atoms. The highest BCUT2D eigenvalue weighted by molar-refractivity contribution is 9.10. The quantitative estimate of drug-likeness (QED) is 0.864. The first-order valence-electron chi connectivity index (χ1n) is 5.92. The van der Waals surface area contributed by atoms with Gasteiger partial charge in [-0.15, -0.1) is 0 Å². The van der Waals surface area contributed by atoms with Crippen molar-refractivity contribution in [3.05, 3.63) is 52.6 Å². The number of nitrogens with zero attached hydrogens (tertiary/aromatic N) is 1. The molecule has 2 rings (SSSR count). The normalized spacial score (nSPS) is 9.95. The molecule has 0 aliphatic rings. The topological polar surface area (TPSA) is 88.5 Å². The second kappa shape index (κ2) is 6.85. The highest BCUT2D eigenvalue weighted by Crippen LogP contribution is 2.16. The average molecular weight is 351 g/mol. The molecule has 0 saturated heterocycles. The molecular formula is C14H11BrN2O4. The molecule has 6 nitrogen and oxygen atoms in total.